The minimum Gasteiger partial charge on any atom is -0.504 e. The van der Waals surface area contributed by atoms with Gasteiger partial charge in [0.15, 0.2) is 45.8 Å². The van der Waals surface area contributed by atoms with E-state index in [1.54, 1.807) is 85.2 Å². The van der Waals surface area contributed by atoms with Crippen molar-refractivity contribution in [2.75, 3.05) is 65.1 Å². The number of hydrogen-bond donors (Lipinski definition) is 8. The van der Waals surface area contributed by atoms with Crippen LogP contribution >= 0.6 is 0 Å². The topological polar surface area (TPSA) is 458 Å². The number of pyridine rings is 8. The van der Waals surface area contributed by atoms with Crippen molar-refractivity contribution in [3.05, 3.63) is 344 Å². The fraction of sp³-hybridized carbons (Fsp3) is 0.152. The molecule has 32 nitrogen and oxygen atoms in total. The van der Waals surface area contributed by atoms with Crippen molar-refractivity contribution in [1.82, 2.24) is 50.5 Å². The van der Waals surface area contributed by atoms with Gasteiger partial charge in [-0.25, -0.2) is 80.8 Å². The number of nitrogens with one attached hydrogen (secondary N) is 6. The first-order chi connectivity index (χ1) is 62.8. The Morgan fingerprint density at radius 1 is 0.333 bits per heavy atom. The van der Waals surface area contributed by atoms with Gasteiger partial charge in [0.05, 0.1) is 32.1 Å². The van der Waals surface area contributed by atoms with E-state index in [0.29, 0.717) is 47.6 Å². The molecular weight excluding hydrogens is 1790 g/mol. The lowest BCUT2D eigenvalue weighted by atomic mass is 10.0. The molecule has 2 amide bonds. The summed E-state index contributed by atoms with van der Waals surface area (Å²) in [5.74, 6) is -5.55. The number of amides is 2. The molecule has 15 aromatic rings. The Bertz CT molecular complexity index is 7090. The van der Waals surface area contributed by atoms with Gasteiger partial charge < -0.3 is 39.8 Å². The van der Waals surface area contributed by atoms with E-state index in [0.717, 1.165) is 75.1 Å². The summed E-state index contributed by atoms with van der Waals surface area (Å²) in [6.07, 6.45) is 11.7. The molecule has 680 valence electrons. The summed E-state index contributed by atoms with van der Waals surface area (Å²) in [4.78, 5) is 83.3. The van der Waals surface area contributed by atoms with Gasteiger partial charge in [-0.3, -0.25) is 48.4 Å². The van der Waals surface area contributed by atoms with Crippen LogP contribution in [0.1, 0.15) is 103 Å². The maximum absolute atomic E-state index is 13.3. The van der Waals surface area contributed by atoms with Crippen molar-refractivity contribution in [3.8, 4) is 23.0 Å². The molecule has 0 spiro atoms. The van der Waals surface area contributed by atoms with Gasteiger partial charge in [0.25, 0.3) is 11.8 Å². The van der Waals surface area contributed by atoms with Gasteiger partial charge in [-0.05, 0) is 160 Å². The van der Waals surface area contributed by atoms with Crippen LogP contribution in [-0.2, 0) is 90.3 Å². The highest BCUT2D eigenvalue weighted by molar-refractivity contribution is 7.92. The number of nitrogens with zero attached hydrogens (tertiary/aromatic N) is 8. The van der Waals surface area contributed by atoms with Crippen LogP contribution in [0.15, 0.2) is 237 Å². The Morgan fingerprint density at radius 2 is 0.583 bits per heavy atom. The Kier molecular flexibility index (Phi) is 30.6. The average molecular weight is 1880 g/mol. The molecule has 15 rings (SSSR count). The lowest BCUT2D eigenvalue weighted by Crippen LogP contribution is -2.22. The number of ether oxygens (including phenoxy) is 4. The Balaban J connectivity index is 0.000000159. The first-order valence-electron chi connectivity index (χ1n) is 39.5. The van der Waals surface area contributed by atoms with Crippen LogP contribution in [-0.4, -0.2) is 154 Å². The molecule has 0 saturated heterocycles. The lowest BCUT2D eigenvalue weighted by Gasteiger charge is -2.16. The van der Waals surface area contributed by atoms with Crippen LogP contribution < -0.4 is 43.7 Å². The number of fused-ring (bicyclic) bond motifs is 4. The number of aromatic nitrogens is 8. The zero-order chi connectivity index (χ0) is 94.8. The number of aromatic hydroxyl groups is 1. The molecule has 0 aliphatic heterocycles. The van der Waals surface area contributed by atoms with E-state index in [1.165, 1.54) is 82.1 Å². The predicted molar refractivity (Wildman–Crippen MR) is 488 cm³/mol. The van der Waals surface area contributed by atoms with Crippen molar-refractivity contribution in [1.29, 1.82) is 0 Å². The number of benzene rings is 7. The number of sulfonamides is 4. The molecular formula is C92H82F4N14O18S4. The molecule has 40 heteroatoms. The van der Waals surface area contributed by atoms with Gasteiger partial charge in [-0.15, -0.1) is 0 Å². The van der Waals surface area contributed by atoms with Crippen molar-refractivity contribution in [2.45, 2.75) is 45.5 Å². The first kappa shape index (κ1) is 95.7. The van der Waals surface area contributed by atoms with Gasteiger partial charge in [-0.1, -0.05) is 140 Å². The van der Waals surface area contributed by atoms with Crippen molar-refractivity contribution in [3.63, 3.8) is 0 Å². The summed E-state index contributed by atoms with van der Waals surface area (Å²) in [5.41, 5.74) is 8.27. The normalized spacial score (nSPS) is 11.3. The van der Waals surface area contributed by atoms with Gasteiger partial charge in [0, 0.05) is 60.4 Å². The molecule has 0 saturated carbocycles. The minimum atomic E-state index is -3.77. The second-order valence-electron chi connectivity index (χ2n) is 29.5. The Morgan fingerprint density at radius 3 is 0.864 bits per heavy atom. The molecule has 132 heavy (non-hydrogen) atoms. The number of methoxy groups -OCH3 is 1. The van der Waals surface area contributed by atoms with Crippen molar-refractivity contribution >= 4 is 131 Å². The monoisotopic (exact) mass is 1870 g/mol. The van der Waals surface area contributed by atoms with Crippen LogP contribution in [0.4, 0.5) is 40.8 Å². The summed E-state index contributed by atoms with van der Waals surface area (Å²) < 4.78 is 180. The molecule has 0 atom stereocenters. The number of halogens is 4. The molecule has 7 aromatic carbocycles. The second-order valence-corrected chi connectivity index (χ2v) is 36.5. The van der Waals surface area contributed by atoms with E-state index in [-0.39, 0.29) is 134 Å². The number of rotatable bonds is 29. The number of esters is 1. The lowest BCUT2D eigenvalue weighted by molar-refractivity contribution is 0.0587. The molecule has 0 fully saturated rings. The van der Waals surface area contributed by atoms with E-state index >= 15 is 0 Å². The molecule has 0 bridgehead atoms. The highest BCUT2D eigenvalue weighted by atomic mass is 32.2. The highest BCUT2D eigenvalue weighted by Crippen LogP contribution is 2.39. The number of carboxylic acid groups (broad SMARTS) is 1. The number of anilines is 4. The van der Waals surface area contributed by atoms with Gasteiger partial charge in [0.1, 0.15) is 88.4 Å². The number of carbonyl (C=O) groups excluding carboxylic acids is 3. The summed E-state index contributed by atoms with van der Waals surface area (Å²) >= 11 is 0. The van der Waals surface area contributed by atoms with Gasteiger partial charge in [-0.2, -0.15) is 0 Å². The van der Waals surface area contributed by atoms with Crippen LogP contribution in [0, 0.1) is 23.3 Å². The summed E-state index contributed by atoms with van der Waals surface area (Å²) in [7, 11) is -10.9. The minimum absolute atomic E-state index is 0.0302. The number of carbonyl (C=O) groups is 4. The Hall–Kier alpha value is -15.4. The third-order valence-electron chi connectivity index (χ3n) is 19.0. The average Bonchev–Trinajstić information content (AvgIpc) is 0.782. The Labute approximate surface area is 754 Å². The molecule has 0 radical (unpaired) electrons. The molecule has 8 heterocycles. The first-order valence-corrected chi connectivity index (χ1v) is 47.0. The van der Waals surface area contributed by atoms with E-state index < -0.39 is 75.3 Å². The summed E-state index contributed by atoms with van der Waals surface area (Å²) in [6, 6.07) is 58.5. The summed E-state index contributed by atoms with van der Waals surface area (Å²) in [6.45, 7) is 0.342. The molecule has 0 aliphatic rings. The van der Waals surface area contributed by atoms with E-state index in [1.807, 2.05) is 91.0 Å². The highest BCUT2D eigenvalue weighted by Gasteiger charge is 2.29. The van der Waals surface area contributed by atoms with Crippen LogP contribution in [0.3, 0.4) is 0 Å². The fourth-order valence-corrected chi connectivity index (χ4v) is 15.1. The zero-order valence-corrected chi connectivity index (χ0v) is 74.4. The van der Waals surface area contributed by atoms with Crippen molar-refractivity contribution in [2.24, 2.45) is 0 Å². The predicted octanol–water partition coefficient (Wildman–Crippen LogP) is 13.6. The summed E-state index contributed by atoms with van der Waals surface area (Å²) in [5, 5.41) is 26.2. The maximum Gasteiger partial charge on any atom is 0.360 e. The number of hydrogen-bond acceptors (Lipinski definition) is 25. The van der Waals surface area contributed by atoms with Crippen LogP contribution in [0.2, 0.25) is 0 Å². The van der Waals surface area contributed by atoms with Crippen molar-refractivity contribution < 1.29 is 99.6 Å². The fourth-order valence-electron chi connectivity index (χ4n) is 13.1. The standard InChI is InChI=1S/C25H23FN4O4S.C25H22FN3O5S.C24H20FN3O5S.C18H17FN4O4S/c1-27-25(31)22-23(34-15-17-6-4-3-5-7-17)21-20(24(29-22)30-35(2,32)33)13-18(14-28-21)12-16-8-10-19(26)11-9-16;1-33-25(30)22-23(34-15-17-6-4-3-5-7-17)21-20(24(28-22)29-35(2,31)32)13-18(14-27-21)12-16-8-10-19(26)11-9-16;1-34(31,32)28-23-19-12-17(11-15-7-9-18(25)10-8-15)13-26-20(19)22(21(27-23)24(29)30)33-14-16-5-3-2-4-6-16;1-20-18(25)15-16(24)14-13(17(22-15)23-28(2,26)27)8-11(9-21-14)7-10-3-5-12(19)6-4-10/h3-11,13-14H,12,15H2,1-2H3,(H,27,31)(H,29,30);3-11,13-14H,12,15H2,1-2H3,(H,28,29);2-10,12-13H,11,14H2,1H3,(H,27,28)(H,29,30);3-6,8-9,24H,7H2,1-2H3,(H,20,25)(H,22,23). The third-order valence-corrected chi connectivity index (χ3v) is 21.2. The molecule has 0 unspecified atom stereocenters. The zero-order valence-electron chi connectivity index (χ0n) is 71.1. The van der Waals surface area contributed by atoms with E-state index in [2.05, 4.69) is 69.4 Å². The van der Waals surface area contributed by atoms with E-state index in [9.17, 15) is 80.6 Å². The molecule has 8 N–H and O–H groups in total. The van der Waals surface area contributed by atoms with Gasteiger partial charge >= 0.3 is 11.9 Å². The molecule has 8 aromatic heterocycles. The quantitative estimate of drug-likeness (QED) is 0.0159. The van der Waals surface area contributed by atoms with Crippen LogP contribution in [0.5, 0.6) is 23.0 Å². The largest absolute Gasteiger partial charge is 0.504 e. The van der Waals surface area contributed by atoms with Crippen LogP contribution in [0.25, 0.3) is 43.6 Å². The second kappa shape index (κ2) is 42.2. The maximum atomic E-state index is 13.3. The smallest absolute Gasteiger partial charge is 0.360 e. The number of aromatic carboxylic acids is 1. The number of carboxylic acids is 1. The molecule has 0 aliphatic carbocycles. The van der Waals surface area contributed by atoms with E-state index in [4.69, 9.17) is 18.9 Å². The van der Waals surface area contributed by atoms with Gasteiger partial charge in [0.2, 0.25) is 40.1 Å². The third kappa shape index (κ3) is 26.2. The SMILES string of the molecule is CNC(=O)c1nc(NS(C)(=O)=O)c2cc(Cc3ccc(F)cc3)cnc2c1O.CNC(=O)c1nc(NS(C)(=O)=O)c2cc(Cc3ccc(F)cc3)cnc2c1OCc1ccccc1.COC(=O)c1nc(NS(C)(=O)=O)c2cc(Cc3ccc(F)cc3)cnc2c1OCc1ccccc1.CS(=O)(=O)Nc1nc(C(=O)O)c(OCc2ccccc2)c2ncc(Cc3ccc(F)cc3)cc12.